The third-order valence-corrected chi connectivity index (χ3v) is 3.63. The van der Waals surface area contributed by atoms with Gasteiger partial charge in [0.2, 0.25) is 0 Å². The van der Waals surface area contributed by atoms with Crippen molar-refractivity contribution in [2.45, 2.75) is 24.9 Å². The van der Waals surface area contributed by atoms with Gasteiger partial charge in [-0.25, -0.2) is 0 Å². The fourth-order valence-corrected chi connectivity index (χ4v) is 2.73. The minimum Gasteiger partial charge on any atom is -0.370 e. The van der Waals surface area contributed by atoms with E-state index in [-0.39, 0.29) is 5.60 Å². The van der Waals surface area contributed by atoms with E-state index in [2.05, 4.69) is 6.07 Å². The number of rotatable bonds is 0. The van der Waals surface area contributed by atoms with E-state index in [1.54, 1.807) is 0 Å². The first kappa shape index (κ1) is 7.84. The Balaban J connectivity index is 2.16. The SMILES string of the molecule is Clc1cccc2c1CCC21CCO1. The molecule has 2 aliphatic rings. The van der Waals surface area contributed by atoms with Crippen LogP contribution in [-0.4, -0.2) is 6.61 Å². The van der Waals surface area contributed by atoms with Gasteiger partial charge in [0.05, 0.1) is 12.2 Å². The molecule has 3 rings (SSSR count). The van der Waals surface area contributed by atoms with Crippen molar-refractivity contribution in [3.8, 4) is 0 Å². The largest absolute Gasteiger partial charge is 0.370 e. The second kappa shape index (κ2) is 2.49. The molecule has 1 aromatic carbocycles. The van der Waals surface area contributed by atoms with Gasteiger partial charge in [-0.05, 0) is 30.0 Å². The summed E-state index contributed by atoms with van der Waals surface area (Å²) in [6.07, 6.45) is 3.36. The molecule has 0 amide bonds. The molecule has 0 bridgehead atoms. The van der Waals surface area contributed by atoms with Crippen LogP contribution in [0.4, 0.5) is 0 Å². The molecule has 0 saturated carbocycles. The number of benzene rings is 1. The lowest BCUT2D eigenvalue weighted by Gasteiger charge is -2.39. The summed E-state index contributed by atoms with van der Waals surface area (Å²) in [6, 6.07) is 6.15. The molecule has 1 fully saturated rings. The van der Waals surface area contributed by atoms with Gasteiger partial charge in [-0.3, -0.25) is 0 Å². The maximum absolute atomic E-state index is 6.12. The normalized spacial score (nSPS) is 30.2. The van der Waals surface area contributed by atoms with E-state index < -0.39 is 0 Å². The number of hydrogen-bond donors (Lipinski definition) is 0. The van der Waals surface area contributed by atoms with Gasteiger partial charge in [-0.1, -0.05) is 23.7 Å². The second-order valence-corrected chi connectivity index (χ2v) is 4.27. The quantitative estimate of drug-likeness (QED) is 0.617. The van der Waals surface area contributed by atoms with Crippen molar-refractivity contribution >= 4 is 11.6 Å². The van der Waals surface area contributed by atoms with E-state index in [1.807, 2.05) is 12.1 Å². The van der Waals surface area contributed by atoms with Crippen molar-refractivity contribution < 1.29 is 4.74 Å². The first-order chi connectivity index (χ1) is 6.32. The van der Waals surface area contributed by atoms with Crippen LogP contribution in [0, 0.1) is 0 Å². The molecule has 1 atom stereocenters. The molecular weight excluding hydrogens is 184 g/mol. The molecule has 0 aromatic heterocycles. The summed E-state index contributed by atoms with van der Waals surface area (Å²) in [5, 5.41) is 0.907. The molecule has 1 aliphatic carbocycles. The van der Waals surface area contributed by atoms with E-state index in [4.69, 9.17) is 16.3 Å². The van der Waals surface area contributed by atoms with Crippen molar-refractivity contribution in [1.82, 2.24) is 0 Å². The van der Waals surface area contributed by atoms with Gasteiger partial charge in [0.25, 0.3) is 0 Å². The lowest BCUT2D eigenvalue weighted by molar-refractivity contribution is -0.152. The predicted molar refractivity (Wildman–Crippen MR) is 52.0 cm³/mol. The van der Waals surface area contributed by atoms with Gasteiger partial charge in [0.15, 0.2) is 0 Å². The Morgan fingerprint density at radius 1 is 1.31 bits per heavy atom. The lowest BCUT2D eigenvalue weighted by Crippen LogP contribution is -2.38. The standard InChI is InChI=1S/C11H11ClO/c12-10-3-1-2-9-8(10)4-5-11(9)6-7-13-11/h1-3H,4-7H2. The summed E-state index contributed by atoms with van der Waals surface area (Å²) < 4.78 is 5.70. The first-order valence-corrected chi connectivity index (χ1v) is 5.11. The first-order valence-electron chi connectivity index (χ1n) is 4.74. The predicted octanol–water partition coefficient (Wildman–Crippen LogP) is 2.90. The van der Waals surface area contributed by atoms with Gasteiger partial charge in [0, 0.05) is 11.4 Å². The molecule has 68 valence electrons. The highest BCUT2D eigenvalue weighted by Crippen LogP contribution is 2.49. The zero-order chi connectivity index (χ0) is 8.89. The molecule has 1 unspecified atom stereocenters. The number of ether oxygens (including phenoxy) is 1. The van der Waals surface area contributed by atoms with Crippen LogP contribution >= 0.6 is 11.6 Å². The Kier molecular flexibility index (Phi) is 1.50. The van der Waals surface area contributed by atoms with Crippen molar-refractivity contribution in [3.05, 3.63) is 34.3 Å². The zero-order valence-corrected chi connectivity index (χ0v) is 8.10. The third-order valence-electron chi connectivity index (χ3n) is 3.27. The average Bonchev–Trinajstić information content (AvgIpc) is 2.44. The van der Waals surface area contributed by atoms with Crippen LogP contribution in [-0.2, 0) is 16.8 Å². The summed E-state index contributed by atoms with van der Waals surface area (Å²) in [5.74, 6) is 0. The van der Waals surface area contributed by atoms with E-state index in [0.717, 1.165) is 24.5 Å². The summed E-state index contributed by atoms with van der Waals surface area (Å²) in [4.78, 5) is 0. The smallest absolute Gasteiger partial charge is 0.0959 e. The third kappa shape index (κ3) is 0.918. The Hall–Kier alpha value is -0.530. The summed E-state index contributed by atoms with van der Waals surface area (Å²) in [7, 11) is 0. The highest BCUT2D eigenvalue weighted by molar-refractivity contribution is 6.31. The Morgan fingerprint density at radius 2 is 2.15 bits per heavy atom. The number of fused-ring (bicyclic) bond motifs is 2. The molecule has 0 radical (unpaired) electrons. The van der Waals surface area contributed by atoms with Gasteiger partial charge in [0.1, 0.15) is 0 Å². The van der Waals surface area contributed by atoms with Crippen LogP contribution in [0.15, 0.2) is 18.2 Å². The maximum atomic E-state index is 6.12. The molecular formula is C11H11ClO. The lowest BCUT2D eigenvalue weighted by atomic mass is 9.88. The van der Waals surface area contributed by atoms with Crippen molar-refractivity contribution in [2.75, 3.05) is 6.61 Å². The molecule has 1 aliphatic heterocycles. The van der Waals surface area contributed by atoms with Crippen LogP contribution in [0.25, 0.3) is 0 Å². The fourth-order valence-electron chi connectivity index (χ4n) is 2.46. The second-order valence-electron chi connectivity index (χ2n) is 3.86. The molecule has 1 spiro atoms. The summed E-state index contributed by atoms with van der Waals surface area (Å²) in [5.41, 5.74) is 2.70. The van der Waals surface area contributed by atoms with Crippen molar-refractivity contribution in [3.63, 3.8) is 0 Å². The topological polar surface area (TPSA) is 9.23 Å². The molecule has 1 saturated heterocycles. The van der Waals surface area contributed by atoms with E-state index in [0.29, 0.717) is 0 Å². The van der Waals surface area contributed by atoms with Gasteiger partial charge in [-0.15, -0.1) is 0 Å². The Labute approximate surface area is 82.7 Å². The Morgan fingerprint density at radius 3 is 2.85 bits per heavy atom. The van der Waals surface area contributed by atoms with Crippen LogP contribution in [0.2, 0.25) is 5.02 Å². The van der Waals surface area contributed by atoms with Crippen LogP contribution in [0.5, 0.6) is 0 Å². The van der Waals surface area contributed by atoms with Crippen LogP contribution < -0.4 is 0 Å². The maximum Gasteiger partial charge on any atom is 0.0959 e. The Bertz CT molecular complexity index is 355. The molecule has 2 heteroatoms. The average molecular weight is 195 g/mol. The van der Waals surface area contributed by atoms with Gasteiger partial charge < -0.3 is 4.74 Å². The van der Waals surface area contributed by atoms with E-state index in [9.17, 15) is 0 Å². The fraction of sp³-hybridized carbons (Fsp3) is 0.455. The summed E-state index contributed by atoms with van der Waals surface area (Å²) in [6.45, 7) is 0.909. The molecule has 13 heavy (non-hydrogen) atoms. The zero-order valence-electron chi connectivity index (χ0n) is 7.35. The monoisotopic (exact) mass is 194 g/mol. The van der Waals surface area contributed by atoms with E-state index >= 15 is 0 Å². The number of hydrogen-bond acceptors (Lipinski definition) is 1. The molecule has 0 N–H and O–H groups in total. The van der Waals surface area contributed by atoms with Crippen molar-refractivity contribution in [1.29, 1.82) is 0 Å². The van der Waals surface area contributed by atoms with Gasteiger partial charge >= 0.3 is 0 Å². The van der Waals surface area contributed by atoms with Crippen molar-refractivity contribution in [2.24, 2.45) is 0 Å². The van der Waals surface area contributed by atoms with Crippen LogP contribution in [0.3, 0.4) is 0 Å². The van der Waals surface area contributed by atoms with E-state index in [1.165, 1.54) is 17.5 Å². The number of halogens is 1. The molecule has 1 aromatic rings. The highest BCUT2D eigenvalue weighted by atomic mass is 35.5. The summed E-state index contributed by atoms with van der Waals surface area (Å²) >= 11 is 6.12. The highest BCUT2D eigenvalue weighted by Gasteiger charge is 2.45. The molecule has 1 nitrogen and oxygen atoms in total. The van der Waals surface area contributed by atoms with Gasteiger partial charge in [-0.2, -0.15) is 0 Å². The van der Waals surface area contributed by atoms with Crippen LogP contribution in [0.1, 0.15) is 24.0 Å². The molecule has 1 heterocycles. The minimum atomic E-state index is 0.0558. The minimum absolute atomic E-state index is 0.0558.